The minimum absolute atomic E-state index is 0.880. The summed E-state index contributed by atoms with van der Waals surface area (Å²) in [4.78, 5) is 1.40. The summed E-state index contributed by atoms with van der Waals surface area (Å²) >= 11 is 1.98. The van der Waals surface area contributed by atoms with Crippen LogP contribution in [-0.4, -0.2) is 18.8 Å². The fourth-order valence-corrected chi connectivity index (χ4v) is 2.65. The van der Waals surface area contributed by atoms with Crippen LogP contribution in [0.25, 0.3) is 0 Å². The van der Waals surface area contributed by atoms with Crippen molar-refractivity contribution >= 4 is 11.8 Å². The lowest BCUT2D eigenvalue weighted by Crippen LogP contribution is -2.10. The molecule has 0 radical (unpaired) electrons. The summed E-state index contributed by atoms with van der Waals surface area (Å²) in [5.74, 6) is 2.14. The van der Waals surface area contributed by atoms with Gasteiger partial charge in [-0.2, -0.15) is 0 Å². The van der Waals surface area contributed by atoms with Gasteiger partial charge in [-0.05, 0) is 37.6 Å². The van der Waals surface area contributed by atoms with Crippen LogP contribution >= 0.6 is 11.8 Å². The fourth-order valence-electron chi connectivity index (χ4n) is 1.59. The quantitative estimate of drug-likeness (QED) is 0.740. The molecule has 0 aliphatic carbocycles. The number of nitrogens with one attached hydrogen (secondary N) is 1. The number of benzene rings is 1. The maximum Gasteiger partial charge on any atom is 0.00720 e. The van der Waals surface area contributed by atoms with Crippen molar-refractivity contribution in [3.05, 3.63) is 30.3 Å². The van der Waals surface area contributed by atoms with Crippen LogP contribution in [0.1, 0.15) is 6.42 Å². The molecule has 2 rings (SSSR count). The second kappa shape index (κ2) is 4.68. The maximum atomic E-state index is 3.40. The molecule has 0 spiro atoms. The average molecular weight is 193 g/mol. The van der Waals surface area contributed by atoms with E-state index in [9.17, 15) is 0 Å². The van der Waals surface area contributed by atoms with E-state index in [1.165, 1.54) is 30.2 Å². The van der Waals surface area contributed by atoms with Crippen LogP contribution < -0.4 is 5.32 Å². The van der Waals surface area contributed by atoms with Crippen LogP contribution in [0, 0.1) is 5.92 Å². The first kappa shape index (κ1) is 9.10. The topological polar surface area (TPSA) is 12.0 Å². The molecule has 2 heteroatoms. The van der Waals surface area contributed by atoms with Gasteiger partial charge in [0.05, 0.1) is 0 Å². The minimum atomic E-state index is 0.880. The minimum Gasteiger partial charge on any atom is -0.316 e. The third-order valence-corrected chi connectivity index (χ3v) is 3.63. The van der Waals surface area contributed by atoms with E-state index < -0.39 is 0 Å². The monoisotopic (exact) mass is 193 g/mol. The molecule has 0 saturated carbocycles. The van der Waals surface area contributed by atoms with Crippen molar-refractivity contribution in [3.8, 4) is 0 Å². The largest absolute Gasteiger partial charge is 0.316 e. The van der Waals surface area contributed by atoms with Gasteiger partial charge in [-0.3, -0.25) is 0 Å². The van der Waals surface area contributed by atoms with Crippen LogP contribution in [-0.2, 0) is 0 Å². The Labute approximate surface area is 83.9 Å². The molecule has 1 atom stereocenters. The molecular formula is C11H15NS. The normalized spacial score (nSPS) is 22.0. The Balaban J connectivity index is 1.79. The van der Waals surface area contributed by atoms with E-state index in [-0.39, 0.29) is 0 Å². The molecule has 1 nitrogen and oxygen atoms in total. The second-order valence-corrected chi connectivity index (χ2v) is 4.58. The third-order valence-electron chi connectivity index (χ3n) is 2.39. The van der Waals surface area contributed by atoms with E-state index in [1.54, 1.807) is 0 Å². The van der Waals surface area contributed by atoms with Crippen molar-refractivity contribution in [3.63, 3.8) is 0 Å². The summed E-state index contributed by atoms with van der Waals surface area (Å²) in [6.45, 7) is 2.42. The molecule has 1 aromatic rings. The molecule has 0 amide bonds. The lowest BCUT2D eigenvalue weighted by Gasteiger charge is -2.06. The zero-order valence-electron chi connectivity index (χ0n) is 7.70. The van der Waals surface area contributed by atoms with Crippen LogP contribution in [0.5, 0.6) is 0 Å². The lowest BCUT2D eigenvalue weighted by atomic mass is 10.2. The van der Waals surface area contributed by atoms with Gasteiger partial charge in [0.1, 0.15) is 0 Å². The van der Waals surface area contributed by atoms with E-state index in [0.29, 0.717) is 0 Å². The molecule has 0 aromatic heterocycles. The Morgan fingerprint density at radius 2 is 2.15 bits per heavy atom. The molecular weight excluding hydrogens is 178 g/mol. The summed E-state index contributed by atoms with van der Waals surface area (Å²) in [6, 6.07) is 10.7. The molecule has 1 aromatic carbocycles. The standard InChI is InChI=1S/C11H15NS/c1-2-4-11(5-3-1)13-9-10-6-7-12-8-10/h1-5,10,12H,6-9H2. The van der Waals surface area contributed by atoms with Gasteiger partial charge >= 0.3 is 0 Å². The first-order chi connectivity index (χ1) is 6.45. The van der Waals surface area contributed by atoms with Crippen molar-refractivity contribution in [2.24, 2.45) is 5.92 Å². The van der Waals surface area contributed by atoms with Gasteiger partial charge in [-0.15, -0.1) is 11.8 Å². The first-order valence-corrected chi connectivity index (χ1v) is 5.82. The summed E-state index contributed by atoms with van der Waals surface area (Å²) < 4.78 is 0. The molecule has 1 unspecified atom stereocenters. The van der Waals surface area contributed by atoms with E-state index >= 15 is 0 Å². The highest BCUT2D eigenvalue weighted by molar-refractivity contribution is 7.99. The van der Waals surface area contributed by atoms with Gasteiger partial charge in [0.15, 0.2) is 0 Å². The van der Waals surface area contributed by atoms with Gasteiger partial charge in [0.25, 0.3) is 0 Å². The molecule has 1 fully saturated rings. The lowest BCUT2D eigenvalue weighted by molar-refractivity contribution is 0.663. The Morgan fingerprint density at radius 3 is 2.85 bits per heavy atom. The fraction of sp³-hybridized carbons (Fsp3) is 0.455. The van der Waals surface area contributed by atoms with E-state index in [4.69, 9.17) is 0 Å². The molecule has 0 bridgehead atoms. The summed E-state index contributed by atoms with van der Waals surface area (Å²) in [6.07, 6.45) is 1.35. The van der Waals surface area contributed by atoms with E-state index in [0.717, 1.165) is 5.92 Å². The number of hydrogen-bond acceptors (Lipinski definition) is 2. The Morgan fingerprint density at radius 1 is 1.31 bits per heavy atom. The van der Waals surface area contributed by atoms with Gasteiger partial charge < -0.3 is 5.32 Å². The Bertz CT molecular complexity index is 242. The van der Waals surface area contributed by atoms with Gasteiger partial charge in [0, 0.05) is 10.6 Å². The second-order valence-electron chi connectivity index (χ2n) is 3.48. The smallest absolute Gasteiger partial charge is 0.00720 e. The predicted molar refractivity (Wildman–Crippen MR) is 58.1 cm³/mol. The van der Waals surface area contributed by atoms with Crippen LogP contribution in [0.15, 0.2) is 35.2 Å². The third kappa shape index (κ3) is 2.75. The first-order valence-electron chi connectivity index (χ1n) is 4.84. The van der Waals surface area contributed by atoms with Gasteiger partial charge in [-0.25, -0.2) is 0 Å². The number of rotatable bonds is 3. The van der Waals surface area contributed by atoms with Crippen molar-refractivity contribution < 1.29 is 0 Å². The number of thioether (sulfide) groups is 1. The Kier molecular flexibility index (Phi) is 3.27. The highest BCUT2D eigenvalue weighted by Crippen LogP contribution is 2.22. The molecule has 1 aliphatic rings. The Hall–Kier alpha value is -0.470. The molecule has 1 heterocycles. The SMILES string of the molecule is c1ccc(SCC2CCNC2)cc1. The zero-order chi connectivity index (χ0) is 8.93. The summed E-state index contributed by atoms with van der Waals surface area (Å²) in [5, 5.41) is 3.40. The van der Waals surface area contributed by atoms with Gasteiger partial charge in [0.2, 0.25) is 0 Å². The van der Waals surface area contributed by atoms with Crippen LogP contribution in [0.4, 0.5) is 0 Å². The molecule has 1 N–H and O–H groups in total. The van der Waals surface area contributed by atoms with E-state index in [2.05, 4.69) is 35.6 Å². The van der Waals surface area contributed by atoms with Gasteiger partial charge in [-0.1, -0.05) is 18.2 Å². The molecule has 1 saturated heterocycles. The zero-order valence-corrected chi connectivity index (χ0v) is 8.52. The predicted octanol–water partition coefficient (Wildman–Crippen LogP) is 2.39. The molecule has 70 valence electrons. The van der Waals surface area contributed by atoms with Crippen LogP contribution in [0.2, 0.25) is 0 Å². The molecule has 13 heavy (non-hydrogen) atoms. The highest BCUT2D eigenvalue weighted by atomic mass is 32.2. The number of hydrogen-bond donors (Lipinski definition) is 1. The van der Waals surface area contributed by atoms with Crippen LogP contribution in [0.3, 0.4) is 0 Å². The van der Waals surface area contributed by atoms with Crippen molar-refractivity contribution in [1.82, 2.24) is 5.32 Å². The average Bonchev–Trinajstić information content (AvgIpc) is 2.69. The summed E-state index contributed by atoms with van der Waals surface area (Å²) in [5.41, 5.74) is 0. The summed E-state index contributed by atoms with van der Waals surface area (Å²) in [7, 11) is 0. The van der Waals surface area contributed by atoms with Crippen molar-refractivity contribution in [1.29, 1.82) is 0 Å². The van der Waals surface area contributed by atoms with Crippen molar-refractivity contribution in [2.45, 2.75) is 11.3 Å². The highest BCUT2D eigenvalue weighted by Gasteiger charge is 2.13. The van der Waals surface area contributed by atoms with Crippen molar-refractivity contribution in [2.75, 3.05) is 18.8 Å². The van der Waals surface area contributed by atoms with E-state index in [1.807, 2.05) is 11.8 Å². The molecule has 1 aliphatic heterocycles. The maximum absolute atomic E-state index is 3.40.